The number of nitrogens with one attached hydrogen (secondary N) is 1. The number of pyridine rings is 1. The van der Waals surface area contributed by atoms with Crippen LogP contribution < -0.4 is 15.0 Å². The molecular weight excluding hydrogens is 352 g/mol. The highest BCUT2D eigenvalue weighted by molar-refractivity contribution is 7.19. The lowest BCUT2D eigenvalue weighted by Crippen LogP contribution is -2.47. The van der Waals surface area contributed by atoms with Gasteiger partial charge in [-0.25, -0.2) is 4.98 Å². The normalized spacial score (nSPS) is 18.3. The molecule has 26 heavy (non-hydrogen) atoms. The third-order valence-corrected chi connectivity index (χ3v) is 5.73. The highest BCUT2D eigenvalue weighted by Crippen LogP contribution is 2.29. The summed E-state index contributed by atoms with van der Waals surface area (Å²) in [5, 5.41) is 12.3. The number of hydrogen-bond acceptors (Lipinski definition) is 8. The van der Waals surface area contributed by atoms with Crippen molar-refractivity contribution in [3.63, 3.8) is 0 Å². The molecule has 1 amide bonds. The van der Waals surface area contributed by atoms with E-state index >= 15 is 0 Å². The van der Waals surface area contributed by atoms with Gasteiger partial charge in [0, 0.05) is 51.1 Å². The Morgan fingerprint density at radius 3 is 2.85 bits per heavy atom. The third kappa shape index (κ3) is 3.49. The average Bonchev–Trinajstić information content (AvgIpc) is 3.29. The smallest absolute Gasteiger partial charge is 0.223 e. The van der Waals surface area contributed by atoms with E-state index in [1.807, 2.05) is 0 Å². The number of carbonyl (C=O) groups is 1. The van der Waals surface area contributed by atoms with Crippen molar-refractivity contribution in [2.75, 3.05) is 43.0 Å². The quantitative estimate of drug-likeness (QED) is 0.872. The van der Waals surface area contributed by atoms with Crippen molar-refractivity contribution in [2.24, 2.45) is 0 Å². The molecule has 2 aromatic heterocycles. The number of anilines is 2. The van der Waals surface area contributed by atoms with E-state index in [1.54, 1.807) is 0 Å². The number of carbonyl (C=O) groups excluding carboxylic acids is 1. The molecule has 9 heteroatoms. The Labute approximate surface area is 156 Å². The first-order valence-electron chi connectivity index (χ1n) is 8.83. The maximum Gasteiger partial charge on any atom is 0.223 e. The largest absolute Gasteiger partial charge is 0.477 e. The second-order valence-corrected chi connectivity index (χ2v) is 7.52. The molecule has 8 nitrogen and oxygen atoms in total. The number of fused-ring (bicyclic) bond motifs is 1. The molecule has 2 aliphatic rings. The van der Waals surface area contributed by atoms with Gasteiger partial charge in [0.2, 0.25) is 22.1 Å². The number of ether oxygens (including phenoxy) is 1. The van der Waals surface area contributed by atoms with Crippen molar-refractivity contribution in [3.8, 4) is 5.88 Å². The van der Waals surface area contributed by atoms with E-state index in [0.29, 0.717) is 5.13 Å². The van der Waals surface area contributed by atoms with E-state index < -0.39 is 0 Å². The highest BCUT2D eigenvalue weighted by Gasteiger charge is 2.26. The van der Waals surface area contributed by atoms with Gasteiger partial charge >= 0.3 is 0 Å². The number of rotatable bonds is 4. The van der Waals surface area contributed by atoms with Gasteiger partial charge in [-0.15, -0.1) is 10.2 Å². The second-order valence-electron chi connectivity index (χ2n) is 6.57. The molecule has 1 fully saturated rings. The number of hydrogen-bond donors (Lipinski definition) is 1. The summed E-state index contributed by atoms with van der Waals surface area (Å²) in [7, 11) is 0. The zero-order valence-corrected chi connectivity index (χ0v) is 15.8. The van der Waals surface area contributed by atoms with E-state index in [0.717, 1.165) is 55.9 Å². The lowest BCUT2D eigenvalue weighted by molar-refractivity contribution is -0.114. The highest BCUT2D eigenvalue weighted by atomic mass is 32.1. The minimum Gasteiger partial charge on any atom is -0.477 e. The standard InChI is InChI=1S/C17H22N6O2S/c1-11(14-4-3-13-5-10-25-15(13)19-14)22-6-8-23(9-7-22)17-21-20-16(26-17)18-12(2)24/h3-4,11H,5-10H2,1-2H3,(H,18,20,24). The minimum absolute atomic E-state index is 0.128. The van der Waals surface area contributed by atoms with Crippen molar-refractivity contribution in [2.45, 2.75) is 26.3 Å². The molecule has 0 aliphatic carbocycles. The van der Waals surface area contributed by atoms with Crippen LogP contribution in [0.4, 0.5) is 10.3 Å². The van der Waals surface area contributed by atoms with Crippen LogP contribution in [0.3, 0.4) is 0 Å². The first-order chi connectivity index (χ1) is 12.6. The second kappa shape index (κ2) is 7.16. The maximum absolute atomic E-state index is 11.1. The molecule has 1 saturated heterocycles. The molecule has 0 radical (unpaired) electrons. The van der Waals surface area contributed by atoms with E-state index in [1.165, 1.54) is 23.8 Å². The Balaban J connectivity index is 1.37. The Bertz CT molecular complexity index is 802. The number of aromatic nitrogens is 3. The molecule has 2 aromatic rings. The van der Waals surface area contributed by atoms with Crippen molar-refractivity contribution in [3.05, 3.63) is 23.4 Å². The van der Waals surface area contributed by atoms with Crippen molar-refractivity contribution in [1.29, 1.82) is 0 Å². The van der Waals surface area contributed by atoms with Crippen LogP contribution in [0, 0.1) is 0 Å². The molecule has 1 N–H and O–H groups in total. The van der Waals surface area contributed by atoms with Crippen LogP contribution in [0.15, 0.2) is 12.1 Å². The van der Waals surface area contributed by atoms with Crippen LogP contribution in [0.25, 0.3) is 0 Å². The lowest BCUT2D eigenvalue weighted by atomic mass is 10.1. The van der Waals surface area contributed by atoms with Gasteiger partial charge in [0.1, 0.15) is 0 Å². The van der Waals surface area contributed by atoms with Crippen LogP contribution in [0.5, 0.6) is 5.88 Å². The van der Waals surface area contributed by atoms with Gasteiger partial charge < -0.3 is 15.0 Å². The van der Waals surface area contributed by atoms with Crippen LogP contribution in [-0.4, -0.2) is 58.8 Å². The van der Waals surface area contributed by atoms with Gasteiger partial charge in [-0.2, -0.15) is 0 Å². The molecule has 4 heterocycles. The predicted molar refractivity (Wildman–Crippen MR) is 99.8 cm³/mol. The Hall–Kier alpha value is -2.26. The van der Waals surface area contributed by atoms with Crippen LogP contribution in [0.1, 0.15) is 31.1 Å². The summed E-state index contributed by atoms with van der Waals surface area (Å²) in [5.74, 6) is 0.671. The zero-order chi connectivity index (χ0) is 18.1. The molecule has 0 spiro atoms. The van der Waals surface area contributed by atoms with Crippen molar-refractivity contribution < 1.29 is 9.53 Å². The molecule has 0 aromatic carbocycles. The number of nitrogens with zero attached hydrogens (tertiary/aromatic N) is 5. The fourth-order valence-electron chi connectivity index (χ4n) is 3.32. The SMILES string of the molecule is CC(=O)Nc1nnc(N2CCN(C(C)c3ccc4c(n3)OCC4)CC2)s1. The van der Waals surface area contributed by atoms with E-state index in [4.69, 9.17) is 9.72 Å². The van der Waals surface area contributed by atoms with E-state index in [2.05, 4.69) is 44.4 Å². The third-order valence-electron chi connectivity index (χ3n) is 4.83. The molecule has 0 bridgehead atoms. The van der Waals surface area contributed by atoms with Gasteiger partial charge in [-0.3, -0.25) is 9.69 Å². The first kappa shape index (κ1) is 17.2. The number of piperazine rings is 1. The molecule has 0 saturated carbocycles. The molecule has 1 atom stereocenters. The summed E-state index contributed by atoms with van der Waals surface area (Å²) in [5.41, 5.74) is 2.26. The monoisotopic (exact) mass is 374 g/mol. The summed E-state index contributed by atoms with van der Waals surface area (Å²) in [6.45, 7) is 8.01. The van der Waals surface area contributed by atoms with E-state index in [-0.39, 0.29) is 11.9 Å². The molecule has 2 aliphatic heterocycles. The summed E-state index contributed by atoms with van der Waals surface area (Å²) in [6.07, 6.45) is 0.956. The van der Waals surface area contributed by atoms with E-state index in [9.17, 15) is 4.79 Å². The molecular formula is C17H22N6O2S. The van der Waals surface area contributed by atoms with Crippen molar-refractivity contribution in [1.82, 2.24) is 20.1 Å². The van der Waals surface area contributed by atoms with Crippen LogP contribution in [0.2, 0.25) is 0 Å². The van der Waals surface area contributed by atoms with Gasteiger partial charge in [-0.1, -0.05) is 17.4 Å². The van der Waals surface area contributed by atoms with Gasteiger partial charge in [0.25, 0.3) is 0 Å². The summed E-state index contributed by atoms with van der Waals surface area (Å²) >= 11 is 1.41. The fraction of sp³-hybridized carbons (Fsp3) is 0.529. The van der Waals surface area contributed by atoms with Crippen LogP contribution in [-0.2, 0) is 11.2 Å². The zero-order valence-electron chi connectivity index (χ0n) is 14.9. The minimum atomic E-state index is -0.128. The van der Waals surface area contributed by atoms with Gasteiger partial charge in [-0.05, 0) is 13.0 Å². The fourth-order valence-corrected chi connectivity index (χ4v) is 4.16. The molecule has 1 unspecified atom stereocenters. The average molecular weight is 374 g/mol. The topological polar surface area (TPSA) is 83.5 Å². The summed E-state index contributed by atoms with van der Waals surface area (Å²) in [6, 6.07) is 4.51. The lowest BCUT2D eigenvalue weighted by Gasteiger charge is -2.37. The Morgan fingerprint density at radius 1 is 1.27 bits per heavy atom. The number of amides is 1. The maximum atomic E-state index is 11.1. The van der Waals surface area contributed by atoms with Gasteiger partial charge in [0.15, 0.2) is 0 Å². The van der Waals surface area contributed by atoms with Crippen molar-refractivity contribution >= 4 is 27.5 Å². The predicted octanol–water partition coefficient (Wildman–Crippen LogP) is 1.71. The Kier molecular flexibility index (Phi) is 4.73. The molecule has 4 rings (SSSR count). The Morgan fingerprint density at radius 2 is 2.08 bits per heavy atom. The summed E-state index contributed by atoms with van der Waals surface area (Å²) < 4.78 is 5.60. The first-order valence-corrected chi connectivity index (χ1v) is 9.64. The molecule has 138 valence electrons. The van der Waals surface area contributed by atoms with Gasteiger partial charge in [0.05, 0.1) is 12.3 Å². The summed E-state index contributed by atoms with van der Waals surface area (Å²) in [4.78, 5) is 20.5. The van der Waals surface area contributed by atoms with Crippen LogP contribution >= 0.6 is 11.3 Å².